The molecule has 2 saturated heterocycles. The highest BCUT2D eigenvalue weighted by molar-refractivity contribution is 4.86. The molecule has 2 bridgehead atoms. The average Bonchev–Trinajstić information content (AvgIpc) is 2.29. The Morgan fingerprint density at radius 2 is 2.10 bits per heavy atom. The molecule has 0 amide bonds. The normalized spacial score (nSPS) is 53.4. The molecular weight excluding hydrogens is 136 g/mol. The summed E-state index contributed by atoms with van der Waals surface area (Å²) in [4.78, 5) is 0. The van der Waals surface area contributed by atoms with Crippen LogP contribution in [0.1, 0.15) is 6.42 Å². The maximum Gasteiger partial charge on any atom is 0.183 e. The molecule has 2 fully saturated rings. The average molecular weight is 146 g/mol. The van der Waals surface area contributed by atoms with Crippen LogP contribution in [-0.4, -0.2) is 41.4 Å². The summed E-state index contributed by atoms with van der Waals surface area (Å²) < 4.78 is 10.1. The van der Waals surface area contributed by atoms with Gasteiger partial charge in [0, 0.05) is 6.42 Å². The molecule has 2 N–H and O–H groups in total. The molecule has 2 aliphatic rings. The number of ether oxygens (including phenoxy) is 2. The molecule has 0 spiro atoms. The van der Waals surface area contributed by atoms with Gasteiger partial charge in [-0.2, -0.15) is 0 Å². The van der Waals surface area contributed by atoms with Crippen molar-refractivity contribution in [3.8, 4) is 0 Å². The van der Waals surface area contributed by atoms with E-state index in [4.69, 9.17) is 19.7 Å². The van der Waals surface area contributed by atoms with Gasteiger partial charge in [0.05, 0.1) is 18.8 Å². The topological polar surface area (TPSA) is 58.9 Å². The highest BCUT2D eigenvalue weighted by atomic mass is 16.7. The Labute approximate surface area is 58.4 Å². The monoisotopic (exact) mass is 146 g/mol. The van der Waals surface area contributed by atoms with Gasteiger partial charge in [-0.15, -0.1) is 0 Å². The fraction of sp³-hybridized carbons (Fsp3) is 1.00. The minimum absolute atomic E-state index is 0.0107. The van der Waals surface area contributed by atoms with Gasteiger partial charge in [0.2, 0.25) is 0 Å². The molecule has 0 aromatic rings. The standard InChI is InChI=1S/C6H10O4/c7-5-4-1-3(2-9-4)10-6(5)8/h3-8H,1-2H2. The van der Waals surface area contributed by atoms with E-state index >= 15 is 0 Å². The Hall–Kier alpha value is -0.160. The van der Waals surface area contributed by atoms with E-state index in [1.807, 2.05) is 0 Å². The van der Waals surface area contributed by atoms with Gasteiger partial charge in [-0.25, -0.2) is 0 Å². The number of rotatable bonds is 0. The maximum absolute atomic E-state index is 9.16. The summed E-state index contributed by atoms with van der Waals surface area (Å²) in [6.45, 7) is 0.499. The SMILES string of the molecule is OC1OC2COC(C2)C1O. The van der Waals surface area contributed by atoms with Crippen LogP contribution >= 0.6 is 0 Å². The maximum atomic E-state index is 9.16. The first-order chi connectivity index (χ1) is 4.77. The smallest absolute Gasteiger partial charge is 0.183 e. The molecule has 0 aromatic heterocycles. The highest BCUT2D eigenvalue weighted by Gasteiger charge is 2.42. The van der Waals surface area contributed by atoms with Crippen LogP contribution < -0.4 is 0 Å². The van der Waals surface area contributed by atoms with Crippen molar-refractivity contribution in [2.24, 2.45) is 0 Å². The van der Waals surface area contributed by atoms with Crippen molar-refractivity contribution in [2.45, 2.75) is 31.0 Å². The summed E-state index contributed by atoms with van der Waals surface area (Å²) >= 11 is 0. The third kappa shape index (κ3) is 0.845. The molecule has 4 nitrogen and oxygen atoms in total. The Bertz CT molecular complexity index is 138. The second-order valence-electron chi connectivity index (χ2n) is 2.75. The van der Waals surface area contributed by atoms with Crippen LogP contribution in [0.5, 0.6) is 0 Å². The van der Waals surface area contributed by atoms with Crippen LogP contribution in [0.3, 0.4) is 0 Å². The second-order valence-corrected chi connectivity index (χ2v) is 2.75. The molecule has 4 unspecified atom stereocenters. The highest BCUT2D eigenvalue weighted by Crippen LogP contribution is 2.27. The summed E-state index contributed by atoms with van der Waals surface area (Å²) in [5.74, 6) is 0. The van der Waals surface area contributed by atoms with Gasteiger partial charge in [-0.1, -0.05) is 0 Å². The van der Waals surface area contributed by atoms with Crippen LogP contribution in [0, 0.1) is 0 Å². The zero-order valence-electron chi connectivity index (χ0n) is 5.43. The van der Waals surface area contributed by atoms with Gasteiger partial charge < -0.3 is 19.7 Å². The van der Waals surface area contributed by atoms with E-state index in [1.54, 1.807) is 0 Å². The van der Waals surface area contributed by atoms with E-state index < -0.39 is 12.4 Å². The first-order valence-corrected chi connectivity index (χ1v) is 3.40. The summed E-state index contributed by atoms with van der Waals surface area (Å²) in [6.07, 6.45) is -1.43. The van der Waals surface area contributed by atoms with Gasteiger partial charge in [0.15, 0.2) is 6.29 Å². The minimum Gasteiger partial charge on any atom is -0.385 e. The zero-order valence-corrected chi connectivity index (χ0v) is 5.43. The number of fused-ring (bicyclic) bond motifs is 2. The van der Waals surface area contributed by atoms with Crippen LogP contribution in [0.25, 0.3) is 0 Å². The van der Waals surface area contributed by atoms with E-state index in [0.717, 1.165) is 0 Å². The lowest BCUT2D eigenvalue weighted by atomic mass is 10.1. The van der Waals surface area contributed by atoms with Crippen molar-refractivity contribution in [3.63, 3.8) is 0 Å². The minimum atomic E-state index is -1.05. The first kappa shape index (κ1) is 6.54. The summed E-state index contributed by atoms with van der Waals surface area (Å²) in [7, 11) is 0. The Morgan fingerprint density at radius 3 is 2.90 bits per heavy atom. The molecule has 2 aliphatic heterocycles. The molecule has 2 rings (SSSR count). The number of hydrogen-bond donors (Lipinski definition) is 2. The predicted molar refractivity (Wildman–Crippen MR) is 31.2 cm³/mol. The fourth-order valence-corrected chi connectivity index (χ4v) is 1.42. The van der Waals surface area contributed by atoms with E-state index in [9.17, 15) is 0 Å². The van der Waals surface area contributed by atoms with Gasteiger partial charge >= 0.3 is 0 Å². The number of hydrogen-bond acceptors (Lipinski definition) is 4. The second kappa shape index (κ2) is 2.17. The Morgan fingerprint density at radius 1 is 1.30 bits per heavy atom. The molecular formula is C6H10O4. The molecule has 2 heterocycles. The molecule has 10 heavy (non-hydrogen) atoms. The molecule has 58 valence electrons. The van der Waals surface area contributed by atoms with Crippen molar-refractivity contribution in [3.05, 3.63) is 0 Å². The van der Waals surface area contributed by atoms with Crippen molar-refractivity contribution in [1.29, 1.82) is 0 Å². The molecule has 4 heteroatoms. The van der Waals surface area contributed by atoms with Crippen molar-refractivity contribution < 1.29 is 19.7 Å². The lowest BCUT2D eigenvalue weighted by molar-refractivity contribution is -0.211. The Balaban J connectivity index is 2.09. The van der Waals surface area contributed by atoms with Gasteiger partial charge in [-0.05, 0) is 0 Å². The third-order valence-electron chi connectivity index (χ3n) is 2.00. The van der Waals surface area contributed by atoms with Crippen LogP contribution in [-0.2, 0) is 9.47 Å². The van der Waals surface area contributed by atoms with Gasteiger partial charge in [0.25, 0.3) is 0 Å². The summed E-state index contributed by atoms with van der Waals surface area (Å²) in [5.41, 5.74) is 0. The van der Waals surface area contributed by atoms with Crippen molar-refractivity contribution in [2.75, 3.05) is 6.61 Å². The summed E-state index contributed by atoms with van der Waals surface area (Å²) in [6, 6.07) is 0. The van der Waals surface area contributed by atoms with Gasteiger partial charge in [-0.3, -0.25) is 0 Å². The van der Waals surface area contributed by atoms with E-state index in [0.29, 0.717) is 13.0 Å². The van der Waals surface area contributed by atoms with Crippen molar-refractivity contribution >= 4 is 0 Å². The number of aliphatic hydroxyl groups excluding tert-OH is 2. The van der Waals surface area contributed by atoms with Crippen molar-refractivity contribution in [1.82, 2.24) is 0 Å². The van der Waals surface area contributed by atoms with E-state index in [-0.39, 0.29) is 12.2 Å². The first-order valence-electron chi connectivity index (χ1n) is 3.40. The van der Waals surface area contributed by atoms with Gasteiger partial charge in [0.1, 0.15) is 6.10 Å². The summed E-state index contributed by atoms with van der Waals surface area (Å²) in [5, 5.41) is 18.2. The quantitative estimate of drug-likeness (QED) is 0.453. The van der Waals surface area contributed by atoms with Crippen LogP contribution in [0.2, 0.25) is 0 Å². The van der Waals surface area contributed by atoms with Crippen LogP contribution in [0.4, 0.5) is 0 Å². The zero-order chi connectivity index (χ0) is 7.14. The molecule has 4 atom stereocenters. The molecule has 0 radical (unpaired) electrons. The van der Waals surface area contributed by atoms with Crippen LogP contribution in [0.15, 0.2) is 0 Å². The fourth-order valence-electron chi connectivity index (χ4n) is 1.42. The van der Waals surface area contributed by atoms with E-state index in [1.165, 1.54) is 0 Å². The lowest BCUT2D eigenvalue weighted by Crippen LogP contribution is -2.43. The molecule has 0 aromatic carbocycles. The molecule has 0 aliphatic carbocycles. The predicted octanol–water partition coefficient (Wildman–Crippen LogP) is -1.15. The molecule has 0 saturated carbocycles. The largest absolute Gasteiger partial charge is 0.385 e. The number of aliphatic hydroxyl groups is 2. The Kier molecular flexibility index (Phi) is 1.42. The van der Waals surface area contributed by atoms with E-state index in [2.05, 4.69) is 0 Å². The third-order valence-corrected chi connectivity index (χ3v) is 2.00. The lowest BCUT2D eigenvalue weighted by Gasteiger charge is -2.27.